The lowest BCUT2D eigenvalue weighted by molar-refractivity contribution is 0.154. The third kappa shape index (κ3) is 5.83. The van der Waals surface area contributed by atoms with E-state index in [-0.39, 0.29) is 18.4 Å². The highest BCUT2D eigenvalue weighted by molar-refractivity contribution is 5.85. The summed E-state index contributed by atoms with van der Waals surface area (Å²) >= 11 is 0. The standard InChI is InChI=1S/C6H13NO.ClH/c1-3-4-6(8)5(2)7;/h3,5-6,8H,1,4,7H2,2H3;1H/t5-,6?;/m0./s1. The zero-order chi connectivity index (χ0) is 6.57. The maximum atomic E-state index is 8.93. The molecule has 0 rings (SSSR count). The Morgan fingerprint density at radius 2 is 2.22 bits per heavy atom. The van der Waals surface area contributed by atoms with Crippen LogP contribution in [0.15, 0.2) is 12.7 Å². The minimum Gasteiger partial charge on any atom is -0.391 e. The highest BCUT2D eigenvalue weighted by atomic mass is 35.5. The predicted molar refractivity (Wildman–Crippen MR) is 41.7 cm³/mol. The summed E-state index contributed by atoms with van der Waals surface area (Å²) in [4.78, 5) is 0. The molecular formula is C6H14ClNO. The van der Waals surface area contributed by atoms with Gasteiger partial charge in [-0.05, 0) is 13.3 Å². The third-order valence-electron chi connectivity index (χ3n) is 1.02. The van der Waals surface area contributed by atoms with E-state index in [4.69, 9.17) is 10.8 Å². The summed E-state index contributed by atoms with van der Waals surface area (Å²) in [6, 6.07) is -0.145. The second kappa shape index (κ2) is 6.08. The summed E-state index contributed by atoms with van der Waals surface area (Å²) in [5.41, 5.74) is 5.32. The van der Waals surface area contributed by atoms with Crippen molar-refractivity contribution in [2.24, 2.45) is 5.73 Å². The largest absolute Gasteiger partial charge is 0.391 e. The van der Waals surface area contributed by atoms with Gasteiger partial charge in [-0.15, -0.1) is 19.0 Å². The fourth-order valence-electron chi connectivity index (χ4n) is 0.385. The van der Waals surface area contributed by atoms with Crippen LogP contribution in [0.4, 0.5) is 0 Å². The van der Waals surface area contributed by atoms with Gasteiger partial charge >= 0.3 is 0 Å². The average Bonchev–Trinajstić information content (AvgIpc) is 1.67. The van der Waals surface area contributed by atoms with E-state index in [0.29, 0.717) is 6.42 Å². The Labute approximate surface area is 62.2 Å². The fourth-order valence-corrected chi connectivity index (χ4v) is 0.385. The molecule has 9 heavy (non-hydrogen) atoms. The van der Waals surface area contributed by atoms with Crippen molar-refractivity contribution in [2.75, 3.05) is 0 Å². The third-order valence-corrected chi connectivity index (χ3v) is 1.02. The van der Waals surface area contributed by atoms with Crippen molar-refractivity contribution in [3.8, 4) is 0 Å². The van der Waals surface area contributed by atoms with Gasteiger partial charge in [-0.3, -0.25) is 0 Å². The van der Waals surface area contributed by atoms with Crippen LogP contribution in [0.3, 0.4) is 0 Å². The molecule has 0 aromatic heterocycles. The van der Waals surface area contributed by atoms with Crippen LogP contribution in [0.5, 0.6) is 0 Å². The van der Waals surface area contributed by atoms with Crippen molar-refractivity contribution in [2.45, 2.75) is 25.5 Å². The molecule has 1 unspecified atom stereocenters. The minimum absolute atomic E-state index is 0. The van der Waals surface area contributed by atoms with Crippen molar-refractivity contribution in [1.29, 1.82) is 0 Å². The highest BCUT2D eigenvalue weighted by Gasteiger charge is 2.04. The van der Waals surface area contributed by atoms with Gasteiger partial charge in [0.2, 0.25) is 0 Å². The van der Waals surface area contributed by atoms with Crippen LogP contribution < -0.4 is 5.73 Å². The van der Waals surface area contributed by atoms with Gasteiger partial charge in [0.15, 0.2) is 0 Å². The first-order valence-electron chi connectivity index (χ1n) is 2.73. The first-order valence-corrected chi connectivity index (χ1v) is 2.73. The summed E-state index contributed by atoms with van der Waals surface area (Å²) in [6.45, 7) is 5.24. The molecule has 2 nitrogen and oxygen atoms in total. The van der Waals surface area contributed by atoms with Crippen LogP contribution >= 0.6 is 12.4 Å². The quantitative estimate of drug-likeness (QED) is 0.584. The number of aliphatic hydroxyl groups is 1. The molecule has 0 aromatic carbocycles. The number of aliphatic hydroxyl groups excluding tert-OH is 1. The van der Waals surface area contributed by atoms with E-state index in [1.54, 1.807) is 13.0 Å². The van der Waals surface area contributed by atoms with E-state index in [0.717, 1.165) is 0 Å². The molecular weight excluding hydrogens is 138 g/mol. The van der Waals surface area contributed by atoms with E-state index < -0.39 is 6.10 Å². The lowest BCUT2D eigenvalue weighted by Crippen LogP contribution is -2.30. The Balaban J connectivity index is 0. The van der Waals surface area contributed by atoms with Crippen molar-refractivity contribution in [1.82, 2.24) is 0 Å². The van der Waals surface area contributed by atoms with Crippen LogP contribution in [0, 0.1) is 0 Å². The Kier molecular flexibility index (Phi) is 7.91. The monoisotopic (exact) mass is 151 g/mol. The lowest BCUT2D eigenvalue weighted by atomic mass is 10.1. The molecule has 2 atom stereocenters. The van der Waals surface area contributed by atoms with Gasteiger partial charge < -0.3 is 10.8 Å². The molecule has 0 aliphatic heterocycles. The number of hydrogen-bond acceptors (Lipinski definition) is 2. The van der Waals surface area contributed by atoms with Crippen LogP contribution in [0.25, 0.3) is 0 Å². The Hall–Kier alpha value is -0.0500. The van der Waals surface area contributed by atoms with Gasteiger partial charge in [-0.2, -0.15) is 0 Å². The average molecular weight is 152 g/mol. The van der Waals surface area contributed by atoms with Crippen molar-refractivity contribution < 1.29 is 5.11 Å². The molecule has 3 heteroatoms. The molecule has 0 bridgehead atoms. The van der Waals surface area contributed by atoms with Crippen LogP contribution in [-0.4, -0.2) is 17.3 Å². The molecule has 0 saturated heterocycles. The molecule has 0 amide bonds. The molecule has 0 aliphatic carbocycles. The minimum atomic E-state index is -0.424. The number of rotatable bonds is 3. The second-order valence-corrected chi connectivity index (χ2v) is 1.95. The Bertz CT molecular complexity index is 75.5. The number of halogens is 1. The maximum Gasteiger partial charge on any atom is 0.0722 e. The topological polar surface area (TPSA) is 46.2 Å². The summed E-state index contributed by atoms with van der Waals surface area (Å²) in [7, 11) is 0. The molecule has 0 aromatic rings. The molecule has 0 aliphatic rings. The summed E-state index contributed by atoms with van der Waals surface area (Å²) < 4.78 is 0. The summed E-state index contributed by atoms with van der Waals surface area (Å²) in [5.74, 6) is 0. The van der Waals surface area contributed by atoms with Crippen LogP contribution in [0.2, 0.25) is 0 Å². The SMILES string of the molecule is C=CCC(O)[C@H](C)N.Cl. The first-order chi connectivity index (χ1) is 3.68. The van der Waals surface area contributed by atoms with Gasteiger partial charge in [-0.1, -0.05) is 6.08 Å². The normalized spacial score (nSPS) is 15.4. The lowest BCUT2D eigenvalue weighted by Gasteiger charge is -2.10. The van der Waals surface area contributed by atoms with Gasteiger partial charge in [0.1, 0.15) is 0 Å². The highest BCUT2D eigenvalue weighted by Crippen LogP contribution is 1.94. The van der Waals surface area contributed by atoms with E-state index in [2.05, 4.69) is 6.58 Å². The summed E-state index contributed by atoms with van der Waals surface area (Å²) in [6.07, 6.45) is 1.82. The maximum absolute atomic E-state index is 8.93. The molecule has 0 spiro atoms. The summed E-state index contributed by atoms with van der Waals surface area (Å²) in [5, 5.41) is 8.93. The van der Waals surface area contributed by atoms with E-state index in [1.807, 2.05) is 0 Å². The molecule has 56 valence electrons. The molecule has 0 radical (unpaired) electrons. The Morgan fingerprint density at radius 3 is 2.33 bits per heavy atom. The fraction of sp³-hybridized carbons (Fsp3) is 0.667. The predicted octanol–water partition coefficient (Wildman–Crippen LogP) is 0.692. The van der Waals surface area contributed by atoms with Gasteiger partial charge in [-0.25, -0.2) is 0 Å². The van der Waals surface area contributed by atoms with Gasteiger partial charge in [0, 0.05) is 6.04 Å². The zero-order valence-corrected chi connectivity index (χ0v) is 6.40. The molecule has 0 saturated carbocycles. The van der Waals surface area contributed by atoms with Crippen LogP contribution in [-0.2, 0) is 0 Å². The number of hydrogen-bond donors (Lipinski definition) is 2. The van der Waals surface area contributed by atoms with E-state index in [9.17, 15) is 0 Å². The van der Waals surface area contributed by atoms with Gasteiger partial charge in [0.25, 0.3) is 0 Å². The molecule has 0 fully saturated rings. The molecule has 0 heterocycles. The van der Waals surface area contributed by atoms with Crippen molar-refractivity contribution >= 4 is 12.4 Å². The van der Waals surface area contributed by atoms with Gasteiger partial charge in [0.05, 0.1) is 6.10 Å². The Morgan fingerprint density at radius 1 is 1.78 bits per heavy atom. The number of nitrogens with two attached hydrogens (primary N) is 1. The van der Waals surface area contributed by atoms with E-state index >= 15 is 0 Å². The van der Waals surface area contributed by atoms with E-state index in [1.165, 1.54) is 0 Å². The second-order valence-electron chi connectivity index (χ2n) is 1.95. The first kappa shape index (κ1) is 11.7. The van der Waals surface area contributed by atoms with Crippen molar-refractivity contribution in [3.05, 3.63) is 12.7 Å². The van der Waals surface area contributed by atoms with Crippen LogP contribution in [0.1, 0.15) is 13.3 Å². The smallest absolute Gasteiger partial charge is 0.0722 e. The zero-order valence-electron chi connectivity index (χ0n) is 5.58. The molecule has 3 N–H and O–H groups in total. The van der Waals surface area contributed by atoms with Crippen molar-refractivity contribution in [3.63, 3.8) is 0 Å².